The average molecular weight is 398 g/mol. The highest BCUT2D eigenvalue weighted by atomic mass is 35.5. The van der Waals surface area contributed by atoms with Crippen molar-refractivity contribution in [2.24, 2.45) is 0 Å². The number of nitrogens with zero attached hydrogens (tertiary/aromatic N) is 1. The summed E-state index contributed by atoms with van der Waals surface area (Å²) in [4.78, 5) is 11.7. The Kier molecular flexibility index (Phi) is 5.14. The van der Waals surface area contributed by atoms with Crippen LogP contribution in [0.25, 0.3) is 0 Å². The Morgan fingerprint density at radius 1 is 1.36 bits per heavy atom. The maximum atomic E-state index is 12.8. The lowest BCUT2D eigenvalue weighted by Crippen LogP contribution is -2.32. The van der Waals surface area contributed by atoms with E-state index in [1.807, 2.05) is 0 Å². The first-order chi connectivity index (χ1) is 11.4. The standard InChI is InChI=1S/C14H11ClF3NO5S/c1-7(14(16,17)18)24-12-10(15)4-3-9(13(12)25(2,21)22)11(20)8-5-19-23-6-8/h3-7H,1-2H3. The molecule has 0 saturated heterocycles. The van der Waals surface area contributed by atoms with Gasteiger partial charge in [-0.25, -0.2) is 8.42 Å². The SMILES string of the molecule is CC(Oc1c(Cl)ccc(C(=O)c2cnoc2)c1S(C)(=O)=O)C(F)(F)F. The van der Waals surface area contributed by atoms with Crippen molar-refractivity contribution in [3.63, 3.8) is 0 Å². The zero-order valence-corrected chi connectivity index (χ0v) is 14.4. The number of carbonyl (C=O) groups excluding carboxylic acids is 1. The molecular weight excluding hydrogens is 387 g/mol. The predicted octanol–water partition coefficient (Wildman–Crippen LogP) is 3.29. The van der Waals surface area contributed by atoms with Gasteiger partial charge in [0.05, 0.1) is 16.8 Å². The van der Waals surface area contributed by atoms with E-state index in [1.54, 1.807) is 0 Å². The largest absolute Gasteiger partial charge is 0.478 e. The summed E-state index contributed by atoms with van der Waals surface area (Å²) in [6.45, 7) is 0.691. The van der Waals surface area contributed by atoms with Crippen LogP contribution in [-0.2, 0) is 9.84 Å². The van der Waals surface area contributed by atoms with Crippen molar-refractivity contribution in [1.82, 2.24) is 5.16 Å². The van der Waals surface area contributed by atoms with Crippen LogP contribution in [0.3, 0.4) is 0 Å². The number of sulfone groups is 1. The van der Waals surface area contributed by atoms with Crippen LogP contribution in [0, 0.1) is 0 Å². The third-order valence-corrected chi connectivity index (χ3v) is 4.57. The van der Waals surface area contributed by atoms with Crippen LogP contribution in [0.1, 0.15) is 22.8 Å². The van der Waals surface area contributed by atoms with Crippen LogP contribution >= 0.6 is 11.6 Å². The van der Waals surface area contributed by atoms with Crippen LogP contribution < -0.4 is 4.74 Å². The molecule has 0 aliphatic rings. The van der Waals surface area contributed by atoms with Crippen molar-refractivity contribution < 1.29 is 35.6 Å². The van der Waals surface area contributed by atoms with E-state index in [1.165, 1.54) is 0 Å². The van der Waals surface area contributed by atoms with E-state index in [9.17, 15) is 26.4 Å². The molecule has 0 spiro atoms. The van der Waals surface area contributed by atoms with Gasteiger partial charge in [0.15, 0.2) is 27.5 Å². The van der Waals surface area contributed by atoms with Crippen LogP contribution in [0.2, 0.25) is 5.02 Å². The number of ether oxygens (including phenoxy) is 1. The van der Waals surface area contributed by atoms with Crippen molar-refractivity contribution in [2.75, 3.05) is 6.26 Å². The summed E-state index contributed by atoms with van der Waals surface area (Å²) >= 11 is 5.83. The number of hydrogen-bond acceptors (Lipinski definition) is 6. The van der Waals surface area contributed by atoms with E-state index in [0.29, 0.717) is 6.92 Å². The first-order valence-electron chi connectivity index (χ1n) is 6.63. The maximum Gasteiger partial charge on any atom is 0.425 e. The minimum atomic E-state index is -4.76. The van der Waals surface area contributed by atoms with E-state index in [-0.39, 0.29) is 10.6 Å². The number of benzene rings is 1. The number of hydrogen-bond donors (Lipinski definition) is 0. The van der Waals surface area contributed by atoms with E-state index in [4.69, 9.17) is 16.3 Å². The third kappa shape index (κ3) is 4.13. The van der Waals surface area contributed by atoms with Crippen molar-refractivity contribution in [2.45, 2.75) is 24.1 Å². The molecule has 0 amide bonds. The minimum absolute atomic E-state index is 0.0814. The van der Waals surface area contributed by atoms with E-state index in [2.05, 4.69) is 9.68 Å². The number of halogens is 4. The quantitative estimate of drug-likeness (QED) is 0.719. The Labute approximate surface area is 145 Å². The molecule has 1 atom stereocenters. The molecule has 1 aromatic carbocycles. The second-order valence-corrected chi connectivity index (χ2v) is 7.43. The molecule has 0 fully saturated rings. The monoisotopic (exact) mass is 397 g/mol. The fourth-order valence-electron chi connectivity index (χ4n) is 1.91. The third-order valence-electron chi connectivity index (χ3n) is 3.13. The number of aromatic nitrogens is 1. The molecule has 11 heteroatoms. The fourth-order valence-corrected chi connectivity index (χ4v) is 3.22. The average Bonchev–Trinajstić information content (AvgIpc) is 3.00. The van der Waals surface area contributed by atoms with Gasteiger partial charge in [-0.15, -0.1) is 0 Å². The van der Waals surface area contributed by atoms with Crippen molar-refractivity contribution >= 4 is 27.2 Å². The van der Waals surface area contributed by atoms with E-state index in [0.717, 1.165) is 30.8 Å². The summed E-state index contributed by atoms with van der Waals surface area (Å²) in [7, 11) is -4.16. The molecule has 0 N–H and O–H groups in total. The molecule has 25 heavy (non-hydrogen) atoms. The highest BCUT2D eigenvalue weighted by Gasteiger charge is 2.40. The molecule has 0 aliphatic carbocycles. The van der Waals surface area contributed by atoms with Crippen LogP contribution in [0.4, 0.5) is 13.2 Å². The van der Waals surface area contributed by atoms with Crippen molar-refractivity contribution in [3.8, 4) is 5.75 Å². The molecule has 0 saturated carbocycles. The van der Waals surface area contributed by atoms with Gasteiger partial charge < -0.3 is 9.26 Å². The highest BCUT2D eigenvalue weighted by Crippen LogP contribution is 2.38. The number of carbonyl (C=O) groups is 1. The molecule has 2 aromatic rings. The van der Waals surface area contributed by atoms with Gasteiger partial charge in [0, 0.05) is 11.8 Å². The lowest BCUT2D eigenvalue weighted by atomic mass is 10.1. The van der Waals surface area contributed by atoms with Gasteiger partial charge in [-0.2, -0.15) is 13.2 Å². The first-order valence-corrected chi connectivity index (χ1v) is 8.90. The molecule has 1 aromatic heterocycles. The second-order valence-electron chi connectivity index (χ2n) is 5.07. The summed E-state index contributed by atoms with van der Waals surface area (Å²) in [5.74, 6) is -1.56. The van der Waals surface area contributed by atoms with Gasteiger partial charge >= 0.3 is 6.18 Å². The summed E-state index contributed by atoms with van der Waals surface area (Å²) in [6, 6.07) is 2.16. The number of rotatable bonds is 5. The Balaban J connectivity index is 2.67. The lowest BCUT2D eigenvalue weighted by molar-refractivity contribution is -0.189. The fraction of sp³-hybridized carbons (Fsp3) is 0.286. The molecule has 0 bridgehead atoms. The summed E-state index contributed by atoms with van der Waals surface area (Å²) in [5.41, 5.74) is -0.485. The number of ketones is 1. The Hall–Kier alpha value is -2.07. The second kappa shape index (κ2) is 6.68. The maximum absolute atomic E-state index is 12.8. The first kappa shape index (κ1) is 19.3. The Bertz CT molecular complexity index is 894. The van der Waals surface area contributed by atoms with Crippen LogP contribution in [0.5, 0.6) is 5.75 Å². The number of alkyl halides is 3. The summed E-state index contributed by atoms with van der Waals surface area (Å²) < 4.78 is 71.8. The van der Waals surface area contributed by atoms with E-state index >= 15 is 0 Å². The van der Waals surface area contributed by atoms with Crippen molar-refractivity contribution in [1.29, 1.82) is 0 Å². The van der Waals surface area contributed by atoms with Gasteiger partial charge in [-0.1, -0.05) is 16.8 Å². The topological polar surface area (TPSA) is 86.5 Å². The van der Waals surface area contributed by atoms with Gasteiger partial charge in [0.1, 0.15) is 11.2 Å². The van der Waals surface area contributed by atoms with Crippen LogP contribution in [-0.4, -0.2) is 37.9 Å². The van der Waals surface area contributed by atoms with Gasteiger partial charge in [-0.05, 0) is 19.1 Å². The molecule has 0 radical (unpaired) electrons. The van der Waals surface area contributed by atoms with Gasteiger partial charge in [-0.3, -0.25) is 4.79 Å². The predicted molar refractivity (Wildman–Crippen MR) is 80.6 cm³/mol. The minimum Gasteiger partial charge on any atom is -0.478 e. The zero-order valence-electron chi connectivity index (χ0n) is 12.8. The summed E-state index contributed by atoms with van der Waals surface area (Å²) in [5, 5.41) is 2.95. The summed E-state index contributed by atoms with van der Waals surface area (Å²) in [6.07, 6.45) is -4.35. The van der Waals surface area contributed by atoms with Gasteiger partial charge in [0.25, 0.3) is 0 Å². The molecule has 0 aliphatic heterocycles. The Morgan fingerprint density at radius 3 is 2.48 bits per heavy atom. The lowest BCUT2D eigenvalue weighted by Gasteiger charge is -2.21. The van der Waals surface area contributed by atoms with Gasteiger partial charge in [0.2, 0.25) is 0 Å². The molecular formula is C14H11ClF3NO5S. The molecule has 136 valence electrons. The molecule has 1 heterocycles. The smallest absolute Gasteiger partial charge is 0.425 e. The molecule has 2 rings (SSSR count). The molecule has 1 unspecified atom stereocenters. The molecule has 6 nitrogen and oxygen atoms in total. The normalized spacial score (nSPS) is 13.5. The van der Waals surface area contributed by atoms with Crippen LogP contribution in [0.15, 0.2) is 34.0 Å². The zero-order chi connectivity index (χ0) is 19.0. The Morgan fingerprint density at radius 2 is 2.00 bits per heavy atom. The van der Waals surface area contributed by atoms with Crippen molar-refractivity contribution in [3.05, 3.63) is 40.7 Å². The van der Waals surface area contributed by atoms with E-state index < -0.39 is 44.1 Å². The highest BCUT2D eigenvalue weighted by molar-refractivity contribution is 7.91.